The molecule has 14 heteroatoms. The molecule has 37 heavy (non-hydrogen) atoms. The van der Waals surface area contributed by atoms with Crippen molar-refractivity contribution in [1.82, 2.24) is 19.0 Å². The van der Waals surface area contributed by atoms with Crippen molar-refractivity contribution in [1.29, 1.82) is 0 Å². The second-order valence-electron chi connectivity index (χ2n) is 9.27. The van der Waals surface area contributed by atoms with Crippen LogP contribution < -0.4 is 15.6 Å². The number of rotatable bonds is 7. The van der Waals surface area contributed by atoms with Gasteiger partial charge in [0.25, 0.3) is 5.82 Å². The average molecular weight is 535 g/mol. The predicted molar refractivity (Wildman–Crippen MR) is 133 cm³/mol. The third kappa shape index (κ3) is 4.49. The molecule has 198 valence electrons. The number of pyridine rings is 1. The third-order valence-corrected chi connectivity index (χ3v) is 8.11. The van der Waals surface area contributed by atoms with Crippen LogP contribution in [0, 0.1) is 17.9 Å². The van der Waals surface area contributed by atoms with E-state index >= 15 is 4.39 Å². The van der Waals surface area contributed by atoms with Gasteiger partial charge in [-0.1, -0.05) is 11.8 Å². The van der Waals surface area contributed by atoms with Gasteiger partial charge in [-0.05, 0) is 26.0 Å². The Hall–Kier alpha value is -3.01. The van der Waals surface area contributed by atoms with Crippen molar-refractivity contribution in [2.45, 2.75) is 36.9 Å². The van der Waals surface area contributed by atoms with Crippen LogP contribution in [0.15, 0.2) is 28.2 Å². The summed E-state index contributed by atoms with van der Waals surface area (Å²) < 4.78 is 18.4. The van der Waals surface area contributed by atoms with Crippen molar-refractivity contribution >= 4 is 40.1 Å². The van der Waals surface area contributed by atoms with Gasteiger partial charge in [-0.2, -0.15) is 5.23 Å². The highest BCUT2D eigenvalue weighted by molar-refractivity contribution is 8.00. The molecule has 3 unspecified atom stereocenters. The molecule has 2 aromatic heterocycles. The number of benzene rings is 1. The molecular weight excluding hydrogens is 507 g/mol. The SMILES string of the molecule is Cc1ncc([NH+]([O-])O)n1CC(O)CN1CCN(c2cc3c(cc2F)c(=O)c(C(=O)O)c2n3C(C)S2)CC1. The molecule has 4 heterocycles. The molecule has 1 aromatic carbocycles. The molecule has 12 nitrogen and oxygen atoms in total. The number of carboxylic acids is 1. The van der Waals surface area contributed by atoms with Gasteiger partial charge in [0.15, 0.2) is 0 Å². The van der Waals surface area contributed by atoms with Crippen molar-refractivity contribution in [2.75, 3.05) is 37.6 Å². The number of anilines is 1. The number of nitrogens with one attached hydrogen (secondary N) is 1. The molecule has 0 saturated carbocycles. The molecule has 0 radical (unpaired) electrons. The van der Waals surface area contributed by atoms with E-state index < -0.39 is 28.5 Å². The van der Waals surface area contributed by atoms with Crippen LogP contribution >= 0.6 is 11.8 Å². The van der Waals surface area contributed by atoms with Gasteiger partial charge in [-0.3, -0.25) is 14.3 Å². The highest BCUT2D eigenvalue weighted by atomic mass is 32.2. The predicted octanol–water partition coefficient (Wildman–Crippen LogP) is 0.554. The highest BCUT2D eigenvalue weighted by Gasteiger charge is 2.33. The first kappa shape index (κ1) is 25.6. The van der Waals surface area contributed by atoms with Crippen molar-refractivity contribution in [2.24, 2.45) is 0 Å². The van der Waals surface area contributed by atoms with E-state index in [1.807, 2.05) is 16.7 Å². The number of aromatic nitrogens is 3. The zero-order valence-electron chi connectivity index (χ0n) is 20.2. The molecule has 1 fully saturated rings. The Morgan fingerprint density at radius 3 is 2.62 bits per heavy atom. The lowest BCUT2D eigenvalue weighted by atomic mass is 10.1. The maximum Gasteiger partial charge on any atom is 0.342 e. The molecule has 5 rings (SSSR count). The minimum atomic E-state index is -1.32. The monoisotopic (exact) mass is 534 g/mol. The van der Waals surface area contributed by atoms with E-state index in [0.29, 0.717) is 54.8 Å². The number of carbonyl (C=O) groups is 1. The lowest BCUT2D eigenvalue weighted by Crippen LogP contribution is -2.99. The topological polar surface area (TPSA) is 152 Å². The number of fused-ring (bicyclic) bond motifs is 3. The lowest BCUT2D eigenvalue weighted by Gasteiger charge is -2.38. The van der Waals surface area contributed by atoms with Gasteiger partial charge >= 0.3 is 5.97 Å². The zero-order chi connectivity index (χ0) is 26.6. The maximum atomic E-state index is 15.2. The first-order valence-electron chi connectivity index (χ1n) is 11.8. The van der Waals surface area contributed by atoms with Crippen LogP contribution in [0.5, 0.6) is 0 Å². The summed E-state index contributed by atoms with van der Waals surface area (Å²) in [5.41, 5.74) is -0.155. The number of quaternary nitrogens is 1. The molecular formula is C23H27FN6O6S. The second kappa shape index (κ2) is 9.70. The number of hydrogen-bond donors (Lipinski definition) is 4. The number of piperazine rings is 1. The van der Waals surface area contributed by atoms with E-state index in [1.165, 1.54) is 22.5 Å². The smallest absolute Gasteiger partial charge is 0.342 e. The Morgan fingerprint density at radius 1 is 1.30 bits per heavy atom. The highest BCUT2D eigenvalue weighted by Crippen LogP contribution is 2.46. The van der Waals surface area contributed by atoms with Crippen LogP contribution in [0.4, 0.5) is 15.9 Å². The van der Waals surface area contributed by atoms with Gasteiger partial charge in [-0.25, -0.2) is 19.4 Å². The van der Waals surface area contributed by atoms with Gasteiger partial charge in [-0.15, -0.1) is 0 Å². The van der Waals surface area contributed by atoms with E-state index in [2.05, 4.69) is 4.98 Å². The molecule has 3 aromatic rings. The number of thioether (sulfide) groups is 1. The fourth-order valence-electron chi connectivity index (χ4n) is 5.07. The average Bonchev–Trinajstić information content (AvgIpc) is 3.19. The summed E-state index contributed by atoms with van der Waals surface area (Å²) in [6.07, 6.45) is 0.452. The van der Waals surface area contributed by atoms with E-state index in [-0.39, 0.29) is 28.7 Å². The largest absolute Gasteiger partial charge is 0.594 e. The van der Waals surface area contributed by atoms with Crippen LogP contribution in [0.3, 0.4) is 0 Å². The van der Waals surface area contributed by atoms with Crippen LogP contribution in [-0.4, -0.2) is 79.2 Å². The van der Waals surface area contributed by atoms with Gasteiger partial charge < -0.3 is 24.9 Å². The summed E-state index contributed by atoms with van der Waals surface area (Å²) in [5, 5.41) is 40.0. The molecule has 0 amide bonds. The lowest BCUT2D eigenvalue weighted by molar-refractivity contribution is -0.994. The summed E-state index contributed by atoms with van der Waals surface area (Å²) in [6.45, 7) is 6.05. The second-order valence-corrected chi connectivity index (χ2v) is 10.6. The van der Waals surface area contributed by atoms with Gasteiger partial charge in [0, 0.05) is 38.1 Å². The summed E-state index contributed by atoms with van der Waals surface area (Å²) >= 11 is 1.30. The summed E-state index contributed by atoms with van der Waals surface area (Å²) in [4.78, 5) is 32.4. The number of β-amino-alcohol motifs (C(OH)–C–C–N with tert-alkyl or cyclic N) is 1. The van der Waals surface area contributed by atoms with Crippen LogP contribution in [0.2, 0.25) is 0 Å². The number of hydrogen-bond acceptors (Lipinski definition) is 9. The van der Waals surface area contributed by atoms with Gasteiger partial charge in [0.1, 0.15) is 23.4 Å². The maximum absolute atomic E-state index is 15.2. The Kier molecular flexibility index (Phi) is 6.72. The number of aliphatic hydroxyl groups is 1. The summed E-state index contributed by atoms with van der Waals surface area (Å²) in [5.74, 6) is -1.39. The number of halogens is 1. The van der Waals surface area contributed by atoms with E-state index in [0.717, 1.165) is 6.07 Å². The van der Waals surface area contributed by atoms with Crippen molar-refractivity contribution < 1.29 is 29.8 Å². The van der Waals surface area contributed by atoms with Gasteiger partial charge in [0.2, 0.25) is 5.43 Å². The third-order valence-electron chi connectivity index (χ3n) is 6.94. The number of carboxylic acid groups (broad SMARTS) is 1. The molecule has 0 bridgehead atoms. The van der Waals surface area contributed by atoms with E-state index in [9.17, 15) is 30.2 Å². The molecule has 0 spiro atoms. The molecule has 0 aliphatic carbocycles. The zero-order valence-corrected chi connectivity index (χ0v) is 21.0. The normalized spacial score (nSPS) is 19.5. The summed E-state index contributed by atoms with van der Waals surface area (Å²) in [6, 6.07) is 2.75. The first-order chi connectivity index (χ1) is 17.6. The van der Waals surface area contributed by atoms with Crippen molar-refractivity contribution in [3.8, 4) is 0 Å². The van der Waals surface area contributed by atoms with Gasteiger partial charge in [0.05, 0.1) is 34.3 Å². The number of aliphatic hydroxyl groups excluding tert-OH is 1. The van der Waals surface area contributed by atoms with Crippen LogP contribution in [0.25, 0.3) is 10.9 Å². The quantitative estimate of drug-likeness (QED) is 0.316. The number of aryl methyl sites for hydroxylation is 1. The Bertz CT molecular complexity index is 1430. The molecule has 2 aliphatic rings. The first-order valence-corrected chi connectivity index (χ1v) is 12.7. The minimum absolute atomic E-state index is 0.0196. The molecule has 4 N–H and O–H groups in total. The number of aromatic carboxylic acids is 1. The Labute approximate surface area is 214 Å². The van der Waals surface area contributed by atoms with Crippen LogP contribution in [-0.2, 0) is 6.54 Å². The summed E-state index contributed by atoms with van der Waals surface area (Å²) in [7, 11) is 0. The Morgan fingerprint density at radius 2 is 2.00 bits per heavy atom. The fourth-order valence-corrected chi connectivity index (χ4v) is 6.23. The van der Waals surface area contributed by atoms with Crippen molar-refractivity contribution in [3.05, 3.63) is 51.0 Å². The number of imidazole rings is 1. The van der Waals surface area contributed by atoms with Crippen molar-refractivity contribution in [3.63, 3.8) is 0 Å². The number of nitrogens with zero attached hydrogens (tertiary/aromatic N) is 5. The standard InChI is InChI=1S/C23H27FN6O6S/c1-12-25-9-19(30(35)36)28(12)11-14(31)10-26-3-5-27(6-4-26)18-8-17-15(7-16(18)24)21(32)20(23(33)34)22-29(17)13(2)37-22/h7-9,13-14,30-31,35H,3-6,10-11H2,1-2H3,(H,33,34). The Balaban J connectivity index is 1.31. The minimum Gasteiger partial charge on any atom is -0.594 e. The van der Waals surface area contributed by atoms with Crippen LogP contribution in [0.1, 0.15) is 28.5 Å². The van der Waals surface area contributed by atoms with E-state index in [1.54, 1.807) is 17.6 Å². The molecule has 3 atom stereocenters. The molecule has 2 aliphatic heterocycles. The van der Waals surface area contributed by atoms with E-state index in [4.69, 9.17) is 0 Å². The fraction of sp³-hybridized carbons (Fsp3) is 0.435. The molecule has 1 saturated heterocycles.